The molecule has 6 nitrogen and oxygen atoms in total. The molecule has 2 aromatic carbocycles. The second-order valence-electron chi connectivity index (χ2n) is 5.05. The van der Waals surface area contributed by atoms with Gasteiger partial charge in [-0.3, -0.25) is 24.6 Å². The summed E-state index contributed by atoms with van der Waals surface area (Å²) in [6.07, 6.45) is 1.39. The van der Waals surface area contributed by atoms with Crippen LogP contribution in [0.15, 0.2) is 54.2 Å². The molecule has 0 aromatic heterocycles. The quantitative estimate of drug-likeness (QED) is 0.485. The van der Waals surface area contributed by atoms with E-state index in [1.54, 1.807) is 42.5 Å². The predicted molar refractivity (Wildman–Crippen MR) is 85.0 cm³/mol. The fourth-order valence-electron chi connectivity index (χ4n) is 2.62. The van der Waals surface area contributed by atoms with Crippen LogP contribution in [0.3, 0.4) is 0 Å². The summed E-state index contributed by atoms with van der Waals surface area (Å²) >= 11 is 0. The van der Waals surface area contributed by atoms with Crippen LogP contribution < -0.4 is 4.90 Å². The first-order valence-electron chi connectivity index (χ1n) is 6.90. The molecule has 0 unspecified atom stereocenters. The van der Waals surface area contributed by atoms with Crippen LogP contribution in [0.5, 0.6) is 0 Å². The van der Waals surface area contributed by atoms with E-state index in [9.17, 15) is 19.7 Å². The van der Waals surface area contributed by atoms with Gasteiger partial charge in [-0.2, -0.15) is 0 Å². The van der Waals surface area contributed by atoms with Crippen LogP contribution in [0, 0.1) is 10.1 Å². The minimum Gasteiger partial charge on any atom is -0.287 e. The monoisotopic (exact) mass is 308 g/mol. The molecule has 23 heavy (non-hydrogen) atoms. The zero-order valence-electron chi connectivity index (χ0n) is 12.2. The number of nitro groups is 1. The van der Waals surface area contributed by atoms with Gasteiger partial charge in [0.15, 0.2) is 0 Å². The van der Waals surface area contributed by atoms with Crippen molar-refractivity contribution < 1.29 is 14.5 Å². The van der Waals surface area contributed by atoms with E-state index in [2.05, 4.69) is 0 Å². The molecule has 1 heterocycles. The summed E-state index contributed by atoms with van der Waals surface area (Å²) in [7, 11) is 0. The standard InChI is InChI=1S/C17H12N2O4/c1-11(20)18-15-9-5-3-7-13(15)17(21)16(18)10-12-6-2-4-8-14(12)19(22)23/h2-10H,1H3/b16-10-. The highest BCUT2D eigenvalue weighted by Crippen LogP contribution is 2.36. The maximum atomic E-state index is 12.6. The summed E-state index contributed by atoms with van der Waals surface area (Å²) in [5.74, 6) is -0.651. The van der Waals surface area contributed by atoms with Crippen molar-refractivity contribution in [2.24, 2.45) is 0 Å². The van der Waals surface area contributed by atoms with Crippen molar-refractivity contribution >= 4 is 29.1 Å². The van der Waals surface area contributed by atoms with Crippen LogP contribution in [-0.4, -0.2) is 16.6 Å². The number of fused-ring (bicyclic) bond motifs is 1. The van der Waals surface area contributed by atoms with E-state index in [0.717, 1.165) is 0 Å². The highest BCUT2D eigenvalue weighted by Gasteiger charge is 2.34. The molecule has 114 valence electrons. The van der Waals surface area contributed by atoms with Crippen molar-refractivity contribution in [1.29, 1.82) is 0 Å². The number of anilines is 1. The third-order valence-corrected chi connectivity index (χ3v) is 3.60. The van der Waals surface area contributed by atoms with E-state index >= 15 is 0 Å². The van der Waals surface area contributed by atoms with E-state index in [4.69, 9.17) is 0 Å². The van der Waals surface area contributed by atoms with Gasteiger partial charge in [-0.15, -0.1) is 0 Å². The number of rotatable bonds is 2. The first-order chi connectivity index (χ1) is 11.0. The van der Waals surface area contributed by atoms with Gasteiger partial charge in [0.25, 0.3) is 5.69 Å². The van der Waals surface area contributed by atoms with Crippen LogP contribution in [0.2, 0.25) is 0 Å². The second kappa shape index (κ2) is 5.49. The lowest BCUT2D eigenvalue weighted by molar-refractivity contribution is -0.385. The molecule has 0 aliphatic carbocycles. The van der Waals surface area contributed by atoms with Gasteiger partial charge < -0.3 is 0 Å². The summed E-state index contributed by atoms with van der Waals surface area (Å²) in [6, 6.07) is 12.8. The molecule has 1 aliphatic heterocycles. The van der Waals surface area contributed by atoms with Gasteiger partial charge in [0.1, 0.15) is 0 Å². The Bertz CT molecular complexity index is 870. The summed E-state index contributed by atoms with van der Waals surface area (Å²) in [6.45, 7) is 1.35. The van der Waals surface area contributed by atoms with E-state index < -0.39 is 4.92 Å². The van der Waals surface area contributed by atoms with Crippen molar-refractivity contribution in [3.05, 3.63) is 75.5 Å². The molecule has 0 atom stereocenters. The van der Waals surface area contributed by atoms with Crippen LogP contribution in [0.1, 0.15) is 22.8 Å². The van der Waals surface area contributed by atoms with Gasteiger partial charge >= 0.3 is 0 Å². The molecule has 0 saturated carbocycles. The minimum atomic E-state index is -0.517. The largest absolute Gasteiger partial charge is 0.287 e. The minimum absolute atomic E-state index is 0.118. The Kier molecular flexibility index (Phi) is 3.50. The maximum Gasteiger partial charge on any atom is 0.276 e. The Morgan fingerprint density at radius 2 is 1.78 bits per heavy atom. The highest BCUT2D eigenvalue weighted by molar-refractivity contribution is 6.26. The molecule has 2 aromatic rings. The fourth-order valence-corrected chi connectivity index (χ4v) is 2.62. The van der Waals surface area contributed by atoms with Gasteiger partial charge in [-0.05, 0) is 24.3 Å². The Hall–Kier alpha value is -3.28. The fraction of sp³-hybridized carbons (Fsp3) is 0.0588. The lowest BCUT2D eigenvalue weighted by atomic mass is 10.1. The lowest BCUT2D eigenvalue weighted by Gasteiger charge is -2.15. The van der Waals surface area contributed by atoms with Crippen molar-refractivity contribution in [1.82, 2.24) is 0 Å². The Morgan fingerprint density at radius 1 is 1.13 bits per heavy atom. The SMILES string of the molecule is CC(=O)N1/C(=C\c2ccccc2[N+](=O)[O-])C(=O)c2ccccc21. The maximum absolute atomic E-state index is 12.6. The predicted octanol–water partition coefficient (Wildman–Crippen LogP) is 3.19. The molecule has 0 bridgehead atoms. The molecular formula is C17H12N2O4. The summed E-state index contributed by atoms with van der Waals surface area (Å²) in [5, 5.41) is 11.1. The number of Topliss-reactive ketones (excluding diaryl/α,β-unsaturated/α-hetero) is 1. The third kappa shape index (κ3) is 2.40. The number of nitro benzene ring substituents is 1. The number of nitrogens with zero attached hydrogens (tertiary/aromatic N) is 2. The van der Waals surface area contributed by atoms with Crippen molar-refractivity contribution in [2.45, 2.75) is 6.92 Å². The normalized spacial score (nSPS) is 14.9. The second-order valence-corrected chi connectivity index (χ2v) is 5.05. The molecule has 0 radical (unpaired) electrons. The van der Waals surface area contributed by atoms with Gasteiger partial charge in [0, 0.05) is 18.6 Å². The van der Waals surface area contributed by atoms with Crippen molar-refractivity contribution in [3.63, 3.8) is 0 Å². The Labute approximate surface area is 131 Å². The average molecular weight is 308 g/mol. The van der Waals surface area contributed by atoms with Crippen molar-refractivity contribution in [3.8, 4) is 0 Å². The number of benzene rings is 2. The summed E-state index contributed by atoms with van der Waals surface area (Å²) in [4.78, 5) is 36.4. The van der Waals surface area contributed by atoms with E-state index in [1.165, 1.54) is 24.0 Å². The Balaban J connectivity index is 2.19. The number of para-hydroxylation sites is 2. The van der Waals surface area contributed by atoms with Gasteiger partial charge in [0.2, 0.25) is 11.7 Å². The lowest BCUT2D eigenvalue weighted by Crippen LogP contribution is -2.25. The molecule has 0 spiro atoms. The van der Waals surface area contributed by atoms with Crippen LogP contribution in [0.25, 0.3) is 6.08 Å². The Morgan fingerprint density at radius 3 is 2.48 bits per heavy atom. The zero-order chi connectivity index (χ0) is 16.6. The molecule has 6 heteroatoms. The summed E-state index contributed by atoms with van der Waals surface area (Å²) in [5.41, 5.74) is 1.18. The zero-order valence-corrected chi connectivity index (χ0v) is 12.2. The average Bonchev–Trinajstić information content (AvgIpc) is 2.81. The summed E-state index contributed by atoms with van der Waals surface area (Å²) < 4.78 is 0. The number of ketones is 1. The molecule has 0 fully saturated rings. The van der Waals surface area contributed by atoms with Gasteiger partial charge in [-0.25, -0.2) is 0 Å². The van der Waals surface area contributed by atoms with Crippen LogP contribution >= 0.6 is 0 Å². The van der Waals surface area contributed by atoms with E-state index in [0.29, 0.717) is 11.3 Å². The first kappa shape index (κ1) is 14.6. The van der Waals surface area contributed by atoms with Crippen LogP contribution in [0.4, 0.5) is 11.4 Å². The molecule has 0 N–H and O–H groups in total. The van der Waals surface area contributed by atoms with Crippen LogP contribution in [-0.2, 0) is 4.79 Å². The number of allylic oxidation sites excluding steroid dienone is 1. The molecular weight excluding hydrogens is 296 g/mol. The number of carbonyl (C=O) groups excluding carboxylic acids is 2. The highest BCUT2D eigenvalue weighted by atomic mass is 16.6. The molecule has 1 amide bonds. The number of amides is 1. The number of carbonyl (C=O) groups is 2. The molecule has 1 aliphatic rings. The molecule has 0 saturated heterocycles. The third-order valence-electron chi connectivity index (χ3n) is 3.60. The number of hydrogen-bond donors (Lipinski definition) is 0. The van der Waals surface area contributed by atoms with Gasteiger partial charge in [0.05, 0.1) is 21.9 Å². The van der Waals surface area contributed by atoms with E-state index in [-0.39, 0.29) is 28.6 Å². The van der Waals surface area contributed by atoms with Gasteiger partial charge in [-0.1, -0.05) is 24.3 Å². The topological polar surface area (TPSA) is 80.5 Å². The smallest absolute Gasteiger partial charge is 0.276 e. The van der Waals surface area contributed by atoms with Crippen molar-refractivity contribution in [2.75, 3.05) is 4.90 Å². The number of hydrogen-bond acceptors (Lipinski definition) is 4. The van der Waals surface area contributed by atoms with E-state index in [1.807, 2.05) is 0 Å². The first-order valence-corrected chi connectivity index (χ1v) is 6.90. The molecule has 3 rings (SSSR count).